The fourth-order valence-electron chi connectivity index (χ4n) is 2.74. The summed E-state index contributed by atoms with van der Waals surface area (Å²) in [7, 11) is 3.57. The average Bonchev–Trinajstić information content (AvgIpc) is 2.71. The van der Waals surface area contributed by atoms with Gasteiger partial charge >= 0.3 is 6.43 Å². The molecular formula is C20H24F3N3O3. The van der Waals surface area contributed by atoms with Crippen molar-refractivity contribution in [2.24, 2.45) is 0 Å². The highest BCUT2D eigenvalue weighted by atomic mass is 19.3. The smallest absolute Gasteiger partial charge is 0.315 e. The third-order valence-corrected chi connectivity index (χ3v) is 4.23. The molecule has 1 aromatic carbocycles. The van der Waals surface area contributed by atoms with Crippen LogP contribution in [0.1, 0.15) is 30.4 Å². The molecule has 2 N–H and O–H groups in total. The number of benzene rings is 1. The molecule has 1 heterocycles. The first-order valence-electron chi connectivity index (χ1n) is 8.95. The largest absolute Gasteiger partial charge is 0.386 e. The first-order valence-corrected chi connectivity index (χ1v) is 8.95. The summed E-state index contributed by atoms with van der Waals surface area (Å²) in [4.78, 5) is 21.0. The number of carbonyl (C=O) groups is 1. The van der Waals surface area contributed by atoms with Crippen LogP contribution in [0.2, 0.25) is 0 Å². The van der Waals surface area contributed by atoms with Crippen molar-refractivity contribution in [2.75, 3.05) is 20.8 Å². The van der Waals surface area contributed by atoms with Crippen LogP contribution in [0.5, 0.6) is 0 Å². The molecule has 0 radical (unpaired) electrons. The van der Waals surface area contributed by atoms with Crippen LogP contribution in [0.4, 0.5) is 13.2 Å². The van der Waals surface area contributed by atoms with Crippen molar-refractivity contribution >= 4 is 5.91 Å². The zero-order valence-corrected chi connectivity index (χ0v) is 16.3. The van der Waals surface area contributed by atoms with Crippen LogP contribution in [0.3, 0.4) is 0 Å². The van der Waals surface area contributed by atoms with Crippen molar-refractivity contribution in [3.63, 3.8) is 0 Å². The number of aromatic nitrogens is 1. The maximum absolute atomic E-state index is 13.1. The van der Waals surface area contributed by atoms with Crippen LogP contribution in [0.15, 0.2) is 42.6 Å². The summed E-state index contributed by atoms with van der Waals surface area (Å²) in [5.74, 6) is -1.62. The molecule has 2 aromatic rings. The van der Waals surface area contributed by atoms with Gasteiger partial charge in [0.05, 0.1) is 11.7 Å². The molecule has 1 amide bonds. The Labute approximate surface area is 167 Å². The van der Waals surface area contributed by atoms with E-state index < -0.39 is 31.2 Å². The molecule has 0 bridgehead atoms. The molecule has 0 spiro atoms. The molecule has 0 aliphatic carbocycles. The van der Waals surface area contributed by atoms with Crippen LogP contribution in [0.25, 0.3) is 11.1 Å². The number of alkyl halides is 3. The Bertz CT molecular complexity index is 786. The van der Waals surface area contributed by atoms with Crippen molar-refractivity contribution in [1.29, 1.82) is 0 Å². The molecule has 0 aliphatic rings. The molecule has 1 aromatic heterocycles. The van der Waals surface area contributed by atoms with Crippen molar-refractivity contribution in [3.8, 4) is 11.1 Å². The number of pyridine rings is 1. The Hall–Kier alpha value is -2.49. The second-order valence-corrected chi connectivity index (χ2v) is 6.67. The lowest BCUT2D eigenvalue weighted by Crippen LogP contribution is -2.43. The van der Waals surface area contributed by atoms with E-state index in [1.807, 2.05) is 19.1 Å². The molecule has 3 atom stereocenters. The number of hydrogen-bond acceptors (Lipinski definition) is 5. The minimum Gasteiger partial charge on any atom is -0.386 e. The summed E-state index contributed by atoms with van der Waals surface area (Å²) in [6.45, 7) is 0.701. The van der Waals surface area contributed by atoms with E-state index in [1.54, 1.807) is 54.9 Å². The van der Waals surface area contributed by atoms with Gasteiger partial charge in [-0.15, -0.1) is 0 Å². The van der Waals surface area contributed by atoms with E-state index in [9.17, 15) is 23.1 Å². The van der Waals surface area contributed by atoms with Crippen molar-refractivity contribution in [2.45, 2.75) is 31.6 Å². The standard InChI is InChI=1S/C20H24F3N3O3/c1-12(29-26(2)3)16-9-8-15(11-24-16)13-4-6-14(7-5-13)18(27)17(10-21)25-20(28)19(22)23/h4-9,11-12,17-19,27H,10H2,1-3H3,(H,25,28)/t12?,17-,18+/m1/s1. The second kappa shape index (κ2) is 10.3. The van der Waals surface area contributed by atoms with Crippen LogP contribution >= 0.6 is 0 Å². The van der Waals surface area contributed by atoms with E-state index in [0.717, 1.165) is 16.8 Å². The Morgan fingerprint density at radius 2 is 1.79 bits per heavy atom. The van der Waals surface area contributed by atoms with Gasteiger partial charge < -0.3 is 10.4 Å². The first kappa shape index (κ1) is 22.8. The summed E-state index contributed by atoms with van der Waals surface area (Å²) in [6.07, 6.45) is -3.26. The number of carbonyl (C=O) groups excluding carboxylic acids is 1. The van der Waals surface area contributed by atoms with Crippen molar-refractivity contribution in [3.05, 3.63) is 53.9 Å². The maximum atomic E-state index is 13.1. The molecule has 0 fully saturated rings. The number of aliphatic hydroxyl groups excluding tert-OH is 1. The third-order valence-electron chi connectivity index (χ3n) is 4.23. The molecule has 1 unspecified atom stereocenters. The van der Waals surface area contributed by atoms with Crippen LogP contribution in [-0.2, 0) is 9.63 Å². The molecular weight excluding hydrogens is 387 g/mol. The van der Waals surface area contributed by atoms with Crippen molar-refractivity contribution < 1.29 is 27.9 Å². The first-order chi connectivity index (χ1) is 13.7. The number of hydrogen-bond donors (Lipinski definition) is 2. The fourth-order valence-corrected chi connectivity index (χ4v) is 2.74. The lowest BCUT2D eigenvalue weighted by Gasteiger charge is -2.22. The predicted octanol–water partition coefficient (Wildman–Crippen LogP) is 3.06. The number of rotatable bonds is 9. The quantitative estimate of drug-likeness (QED) is 0.621. The topological polar surface area (TPSA) is 74.7 Å². The minimum atomic E-state index is -3.28. The average molecular weight is 411 g/mol. The number of nitrogens with one attached hydrogen (secondary N) is 1. The summed E-state index contributed by atoms with van der Waals surface area (Å²) in [5, 5.41) is 13.6. The fraction of sp³-hybridized carbons (Fsp3) is 0.400. The SMILES string of the molecule is CC(ON(C)C)c1ccc(-c2ccc([C@H](O)[C@@H](CF)NC(=O)C(F)F)cc2)cn1. The van der Waals surface area contributed by atoms with Gasteiger partial charge in [-0.2, -0.15) is 13.8 Å². The summed E-state index contributed by atoms with van der Waals surface area (Å²) < 4.78 is 37.8. The molecule has 29 heavy (non-hydrogen) atoms. The number of hydroxylamine groups is 2. The van der Waals surface area contributed by atoms with Crippen LogP contribution in [0, 0.1) is 0 Å². The summed E-state index contributed by atoms with van der Waals surface area (Å²) in [6, 6.07) is 8.73. The molecule has 158 valence electrons. The zero-order chi connectivity index (χ0) is 21.6. The van der Waals surface area contributed by atoms with E-state index in [4.69, 9.17) is 4.84 Å². The second-order valence-electron chi connectivity index (χ2n) is 6.67. The van der Waals surface area contributed by atoms with Crippen molar-refractivity contribution in [1.82, 2.24) is 15.4 Å². The molecule has 2 rings (SSSR count). The number of nitrogens with zero attached hydrogens (tertiary/aromatic N) is 2. The van der Waals surface area contributed by atoms with Gasteiger partial charge in [-0.3, -0.25) is 14.6 Å². The van der Waals surface area contributed by atoms with Crippen LogP contribution < -0.4 is 5.32 Å². The van der Waals surface area contributed by atoms with E-state index in [2.05, 4.69) is 4.98 Å². The maximum Gasteiger partial charge on any atom is 0.315 e. The lowest BCUT2D eigenvalue weighted by molar-refractivity contribution is -0.161. The molecule has 6 nitrogen and oxygen atoms in total. The van der Waals surface area contributed by atoms with E-state index in [1.165, 1.54) is 0 Å². The minimum absolute atomic E-state index is 0.211. The Morgan fingerprint density at radius 3 is 2.28 bits per heavy atom. The number of halogens is 3. The molecule has 0 saturated carbocycles. The summed E-state index contributed by atoms with van der Waals surface area (Å²) >= 11 is 0. The Balaban J connectivity index is 2.10. The van der Waals surface area contributed by atoms with Gasteiger partial charge in [0, 0.05) is 25.9 Å². The van der Waals surface area contributed by atoms with Gasteiger partial charge in [-0.25, -0.2) is 4.39 Å². The van der Waals surface area contributed by atoms with Gasteiger partial charge in [-0.05, 0) is 24.1 Å². The molecule has 0 saturated heterocycles. The van der Waals surface area contributed by atoms with Gasteiger partial charge in [0.15, 0.2) is 0 Å². The summed E-state index contributed by atoms with van der Waals surface area (Å²) in [5.41, 5.74) is 2.67. The molecule has 0 aliphatic heterocycles. The lowest BCUT2D eigenvalue weighted by atomic mass is 9.99. The van der Waals surface area contributed by atoms with Gasteiger partial charge in [0.2, 0.25) is 0 Å². The van der Waals surface area contributed by atoms with E-state index in [-0.39, 0.29) is 6.10 Å². The highest BCUT2D eigenvalue weighted by molar-refractivity contribution is 5.79. The van der Waals surface area contributed by atoms with Gasteiger partial charge in [-0.1, -0.05) is 30.3 Å². The monoisotopic (exact) mass is 411 g/mol. The molecule has 9 heteroatoms. The van der Waals surface area contributed by atoms with Crippen LogP contribution in [-0.4, -0.2) is 54.3 Å². The highest BCUT2D eigenvalue weighted by Gasteiger charge is 2.26. The van der Waals surface area contributed by atoms with E-state index in [0.29, 0.717) is 5.56 Å². The van der Waals surface area contributed by atoms with E-state index >= 15 is 0 Å². The Morgan fingerprint density at radius 1 is 1.17 bits per heavy atom. The van der Waals surface area contributed by atoms with Gasteiger partial charge in [0.25, 0.3) is 5.91 Å². The van der Waals surface area contributed by atoms with Gasteiger partial charge in [0.1, 0.15) is 18.9 Å². The predicted molar refractivity (Wildman–Crippen MR) is 102 cm³/mol. The normalized spacial score (nSPS) is 14.7. The highest BCUT2D eigenvalue weighted by Crippen LogP contribution is 2.25. The number of aliphatic hydroxyl groups is 1. The Kier molecular flexibility index (Phi) is 8.12. The number of amides is 1. The third kappa shape index (κ3) is 6.25. The zero-order valence-electron chi connectivity index (χ0n) is 16.3.